The van der Waals surface area contributed by atoms with Crippen molar-refractivity contribution < 1.29 is 12.8 Å². The van der Waals surface area contributed by atoms with Crippen LogP contribution in [0, 0.1) is 11.3 Å². The van der Waals surface area contributed by atoms with E-state index in [2.05, 4.69) is 10.0 Å². The van der Waals surface area contributed by atoms with Gasteiger partial charge in [-0.2, -0.15) is 13.7 Å². The molecule has 0 aliphatic carbocycles. The summed E-state index contributed by atoms with van der Waals surface area (Å²) in [5.41, 5.74) is 1.04. The summed E-state index contributed by atoms with van der Waals surface area (Å²) in [5.74, 6) is 0.845. The zero-order valence-corrected chi connectivity index (χ0v) is 11.1. The van der Waals surface area contributed by atoms with Crippen LogP contribution >= 0.6 is 0 Å². The number of nitrogens with one attached hydrogen (secondary N) is 2. The lowest BCUT2D eigenvalue weighted by atomic mass is 10.3. The molecule has 2 rings (SSSR count). The van der Waals surface area contributed by atoms with E-state index in [0.29, 0.717) is 23.7 Å². The topological polar surface area (TPSA) is 121 Å². The molecule has 1 aromatic heterocycles. The van der Waals surface area contributed by atoms with E-state index < -0.39 is 10.2 Å². The van der Waals surface area contributed by atoms with E-state index in [0.717, 1.165) is 0 Å². The molecule has 7 nitrogen and oxygen atoms in total. The highest BCUT2D eigenvalue weighted by molar-refractivity contribution is 7.90. The van der Waals surface area contributed by atoms with Crippen molar-refractivity contribution in [3.63, 3.8) is 0 Å². The summed E-state index contributed by atoms with van der Waals surface area (Å²) >= 11 is 0. The lowest BCUT2D eigenvalue weighted by Crippen LogP contribution is -2.21. The lowest BCUT2D eigenvalue weighted by molar-refractivity contribution is 0.506. The summed E-state index contributed by atoms with van der Waals surface area (Å²) in [4.78, 5) is 0. The van der Waals surface area contributed by atoms with Gasteiger partial charge in [0.1, 0.15) is 11.8 Å². The molecule has 0 saturated heterocycles. The largest absolute Gasteiger partial charge is 0.449 e. The van der Waals surface area contributed by atoms with E-state index in [4.69, 9.17) is 14.8 Å². The van der Waals surface area contributed by atoms with E-state index in [9.17, 15) is 8.42 Å². The second-order valence-corrected chi connectivity index (χ2v) is 5.25. The zero-order valence-electron chi connectivity index (χ0n) is 10.3. The average molecular weight is 292 g/mol. The Kier molecular flexibility index (Phi) is 3.93. The molecule has 0 radical (unpaired) electrons. The van der Waals surface area contributed by atoms with Crippen LogP contribution < -0.4 is 15.2 Å². The van der Waals surface area contributed by atoms with Crippen molar-refractivity contribution in [3.8, 4) is 6.07 Å². The fourth-order valence-corrected chi connectivity index (χ4v) is 2.03. The maximum Gasteiger partial charge on any atom is 0.296 e. The lowest BCUT2D eigenvalue weighted by Gasteiger charge is -2.07. The molecule has 0 fully saturated rings. The van der Waals surface area contributed by atoms with Gasteiger partial charge in [-0.1, -0.05) is 6.07 Å². The zero-order chi connectivity index (χ0) is 14.6. The first-order chi connectivity index (χ1) is 9.46. The molecule has 0 unspecified atom stereocenters. The summed E-state index contributed by atoms with van der Waals surface area (Å²) in [5, 5.41) is 16.6. The Morgan fingerprint density at radius 3 is 2.65 bits per heavy atom. The minimum Gasteiger partial charge on any atom is -0.449 e. The molecule has 0 bridgehead atoms. The first-order valence-electron chi connectivity index (χ1n) is 5.59. The van der Waals surface area contributed by atoms with Crippen LogP contribution in [0.2, 0.25) is 0 Å². The third-order valence-corrected chi connectivity index (χ3v) is 2.88. The van der Waals surface area contributed by atoms with Crippen LogP contribution in [0.5, 0.6) is 0 Å². The van der Waals surface area contributed by atoms with Crippen molar-refractivity contribution >= 4 is 21.6 Å². The number of rotatable bonds is 5. The van der Waals surface area contributed by atoms with Gasteiger partial charge in [0.15, 0.2) is 0 Å². The van der Waals surface area contributed by atoms with Crippen LogP contribution in [0.4, 0.5) is 11.4 Å². The molecule has 0 atom stereocenters. The Morgan fingerprint density at radius 1 is 1.25 bits per heavy atom. The number of furan rings is 1. The van der Waals surface area contributed by atoms with Gasteiger partial charge in [-0.05, 0) is 30.3 Å². The van der Waals surface area contributed by atoms with Crippen LogP contribution in [0.25, 0.3) is 0 Å². The summed E-state index contributed by atoms with van der Waals surface area (Å²) in [6.45, 7) is 0.376. The highest BCUT2D eigenvalue weighted by atomic mass is 32.2. The third kappa shape index (κ3) is 4.01. The summed E-state index contributed by atoms with van der Waals surface area (Å²) in [7, 11) is -3.79. The van der Waals surface area contributed by atoms with E-state index in [1.165, 1.54) is 0 Å². The van der Waals surface area contributed by atoms with Gasteiger partial charge in [-0.3, -0.25) is 4.72 Å². The van der Waals surface area contributed by atoms with Crippen molar-refractivity contribution in [1.29, 1.82) is 5.26 Å². The summed E-state index contributed by atoms with van der Waals surface area (Å²) in [6.07, 6.45) is 0. The Bertz CT molecular complexity index is 746. The number of nitriles is 1. The molecule has 0 saturated carbocycles. The Hall–Kier alpha value is -2.50. The van der Waals surface area contributed by atoms with Crippen molar-refractivity contribution in [3.05, 3.63) is 47.9 Å². The molecule has 0 aliphatic rings. The molecule has 1 aromatic carbocycles. The second kappa shape index (κ2) is 5.64. The summed E-state index contributed by atoms with van der Waals surface area (Å²) < 4.78 is 29.2. The fraction of sp³-hybridized carbons (Fsp3) is 0.0833. The molecule has 0 aliphatic heterocycles. The number of anilines is 2. The van der Waals surface area contributed by atoms with E-state index in [1.807, 2.05) is 6.07 Å². The van der Waals surface area contributed by atoms with Gasteiger partial charge < -0.3 is 9.73 Å². The van der Waals surface area contributed by atoms with Crippen LogP contribution in [0.15, 0.2) is 40.8 Å². The highest BCUT2D eigenvalue weighted by Gasteiger charge is 2.04. The number of nitrogens with zero attached hydrogens (tertiary/aromatic N) is 1. The van der Waals surface area contributed by atoms with Gasteiger partial charge in [0, 0.05) is 5.69 Å². The van der Waals surface area contributed by atoms with Crippen molar-refractivity contribution in [2.75, 3.05) is 10.0 Å². The first kappa shape index (κ1) is 13.9. The van der Waals surface area contributed by atoms with E-state index >= 15 is 0 Å². The highest BCUT2D eigenvalue weighted by Crippen LogP contribution is 2.17. The molecule has 20 heavy (non-hydrogen) atoms. The molecule has 0 amide bonds. The predicted octanol–water partition coefficient (Wildman–Crippen LogP) is 1.38. The van der Waals surface area contributed by atoms with Crippen LogP contribution in [-0.4, -0.2) is 8.42 Å². The standard InChI is InChI=1S/C12H12N4O3S/c13-7-11-4-5-12(19-11)8-15-9-2-1-3-10(6-9)16-20(14,17)18/h1-6,15-16H,8H2,(H2,14,17,18). The minimum absolute atomic E-state index is 0.242. The maximum absolute atomic E-state index is 10.9. The van der Waals surface area contributed by atoms with E-state index in [-0.39, 0.29) is 5.76 Å². The monoisotopic (exact) mass is 292 g/mol. The number of hydrogen-bond acceptors (Lipinski definition) is 5. The fourth-order valence-electron chi connectivity index (χ4n) is 1.58. The van der Waals surface area contributed by atoms with Gasteiger partial charge >= 0.3 is 0 Å². The Balaban J connectivity index is 2.03. The van der Waals surface area contributed by atoms with Gasteiger partial charge in [0.25, 0.3) is 10.2 Å². The molecule has 104 valence electrons. The van der Waals surface area contributed by atoms with Crippen LogP contribution in [0.3, 0.4) is 0 Å². The van der Waals surface area contributed by atoms with E-state index in [1.54, 1.807) is 36.4 Å². The number of nitrogens with two attached hydrogens (primary N) is 1. The Morgan fingerprint density at radius 2 is 2.00 bits per heavy atom. The molecule has 0 spiro atoms. The molecule has 4 N–H and O–H groups in total. The first-order valence-corrected chi connectivity index (χ1v) is 7.14. The van der Waals surface area contributed by atoms with Crippen molar-refractivity contribution in [1.82, 2.24) is 0 Å². The second-order valence-electron chi connectivity index (χ2n) is 3.96. The average Bonchev–Trinajstić information content (AvgIpc) is 2.83. The van der Waals surface area contributed by atoms with Gasteiger partial charge in [0.05, 0.1) is 12.2 Å². The summed E-state index contributed by atoms with van der Waals surface area (Å²) in [6, 6.07) is 11.8. The molecular weight excluding hydrogens is 280 g/mol. The van der Waals surface area contributed by atoms with Crippen LogP contribution in [-0.2, 0) is 16.8 Å². The van der Waals surface area contributed by atoms with Crippen molar-refractivity contribution in [2.24, 2.45) is 5.14 Å². The smallest absolute Gasteiger partial charge is 0.296 e. The predicted molar refractivity (Wildman–Crippen MR) is 73.9 cm³/mol. The maximum atomic E-state index is 10.9. The number of benzene rings is 1. The van der Waals surface area contributed by atoms with Gasteiger partial charge in [0.2, 0.25) is 5.76 Å². The molecule has 2 aromatic rings. The third-order valence-electron chi connectivity index (χ3n) is 2.36. The van der Waals surface area contributed by atoms with Gasteiger partial charge in [-0.15, -0.1) is 0 Å². The molecule has 1 heterocycles. The quantitative estimate of drug-likeness (QED) is 0.768. The Labute approximate surface area is 116 Å². The number of hydrogen-bond donors (Lipinski definition) is 3. The minimum atomic E-state index is -3.79. The molecular formula is C12H12N4O3S. The molecule has 8 heteroatoms. The normalized spacial score (nSPS) is 10.8. The van der Waals surface area contributed by atoms with Gasteiger partial charge in [-0.25, -0.2) is 5.14 Å². The van der Waals surface area contributed by atoms with Crippen LogP contribution in [0.1, 0.15) is 11.5 Å². The SMILES string of the molecule is N#Cc1ccc(CNc2cccc(NS(N)(=O)=O)c2)o1. The van der Waals surface area contributed by atoms with Crippen molar-refractivity contribution in [2.45, 2.75) is 6.54 Å².